The van der Waals surface area contributed by atoms with E-state index in [1.54, 1.807) is 0 Å². The van der Waals surface area contributed by atoms with Gasteiger partial charge in [-0.15, -0.1) is 0 Å². The fourth-order valence-electron chi connectivity index (χ4n) is 1.54. The standard InChI is InChI=1S/C9H15O8P/c1-9(8(14)15,18(16)17)5(4-7(12)13)2-3-6(10)11/h5,18H,2-4H2,1H3,(H,10,11)(H,12,13)(H,14,15)(H,16,17). The third-order valence-electron chi connectivity index (χ3n) is 2.83. The summed E-state index contributed by atoms with van der Waals surface area (Å²) in [7, 11) is -3.57. The highest BCUT2D eigenvalue weighted by Crippen LogP contribution is 2.45. The van der Waals surface area contributed by atoms with E-state index in [2.05, 4.69) is 0 Å². The highest BCUT2D eigenvalue weighted by molar-refractivity contribution is 7.41. The average molecular weight is 282 g/mol. The summed E-state index contributed by atoms with van der Waals surface area (Å²) in [6.45, 7) is 0.964. The average Bonchev–Trinajstić information content (AvgIpc) is 2.21. The molecule has 9 heteroatoms. The minimum atomic E-state index is -3.57. The second kappa shape index (κ2) is 6.51. The van der Waals surface area contributed by atoms with Crippen LogP contribution in [0.2, 0.25) is 0 Å². The van der Waals surface area contributed by atoms with E-state index in [0.29, 0.717) is 0 Å². The third-order valence-corrected chi connectivity index (χ3v) is 4.34. The zero-order chi connectivity index (χ0) is 14.5. The highest BCUT2D eigenvalue weighted by Gasteiger charge is 2.47. The SMILES string of the molecule is CC(C(=O)O)(C(CCC(=O)O)CC(=O)O)[PH](=O)O. The van der Waals surface area contributed by atoms with Crippen LogP contribution in [0.1, 0.15) is 26.2 Å². The van der Waals surface area contributed by atoms with E-state index >= 15 is 0 Å². The predicted octanol–water partition coefficient (Wildman–Crippen LogP) is 0.252. The summed E-state index contributed by atoms with van der Waals surface area (Å²) < 4.78 is 11.2. The molecule has 0 rings (SSSR count). The molecule has 0 aromatic carbocycles. The summed E-state index contributed by atoms with van der Waals surface area (Å²) in [5.41, 5.74) is 0. The van der Waals surface area contributed by atoms with Gasteiger partial charge in [0, 0.05) is 12.8 Å². The molecule has 0 amide bonds. The summed E-state index contributed by atoms with van der Waals surface area (Å²) in [5.74, 6) is -5.40. The second-order valence-corrected chi connectivity index (χ2v) is 5.69. The van der Waals surface area contributed by atoms with Crippen molar-refractivity contribution in [1.29, 1.82) is 0 Å². The number of carboxylic acid groups (broad SMARTS) is 3. The lowest BCUT2D eigenvalue weighted by Gasteiger charge is -2.30. The fourth-order valence-corrected chi connectivity index (χ4v) is 2.32. The van der Waals surface area contributed by atoms with Crippen LogP contribution in [0.3, 0.4) is 0 Å². The zero-order valence-corrected chi connectivity index (χ0v) is 10.6. The van der Waals surface area contributed by atoms with Crippen molar-refractivity contribution in [1.82, 2.24) is 0 Å². The first-order valence-electron chi connectivity index (χ1n) is 5.02. The van der Waals surface area contributed by atoms with Gasteiger partial charge in [-0.3, -0.25) is 18.9 Å². The fraction of sp³-hybridized carbons (Fsp3) is 0.667. The van der Waals surface area contributed by atoms with Gasteiger partial charge in [-0.2, -0.15) is 0 Å². The molecule has 0 heterocycles. The summed E-state index contributed by atoms with van der Waals surface area (Å²) in [6.07, 6.45) is -1.43. The van der Waals surface area contributed by atoms with Crippen LogP contribution in [0.25, 0.3) is 0 Å². The van der Waals surface area contributed by atoms with Gasteiger partial charge in [0.2, 0.25) is 8.03 Å². The Balaban J connectivity index is 5.23. The summed E-state index contributed by atoms with van der Waals surface area (Å²) in [5, 5.41) is 24.0. The number of hydrogen-bond donors (Lipinski definition) is 4. The molecule has 3 atom stereocenters. The van der Waals surface area contributed by atoms with Crippen LogP contribution in [0.15, 0.2) is 0 Å². The Kier molecular flexibility index (Phi) is 6.00. The lowest BCUT2D eigenvalue weighted by atomic mass is 9.86. The van der Waals surface area contributed by atoms with Gasteiger partial charge < -0.3 is 20.2 Å². The topological polar surface area (TPSA) is 149 Å². The maximum absolute atomic E-state index is 11.2. The van der Waals surface area contributed by atoms with Crippen molar-refractivity contribution < 1.29 is 39.2 Å². The van der Waals surface area contributed by atoms with Crippen LogP contribution in [0, 0.1) is 5.92 Å². The van der Waals surface area contributed by atoms with E-state index in [1.807, 2.05) is 0 Å². The molecule has 104 valence electrons. The number of carbonyl (C=O) groups is 3. The molecule has 0 aromatic rings. The number of rotatable bonds is 8. The largest absolute Gasteiger partial charge is 0.481 e. The van der Waals surface area contributed by atoms with Crippen molar-refractivity contribution in [3.63, 3.8) is 0 Å². The van der Waals surface area contributed by atoms with Crippen molar-refractivity contribution in [2.24, 2.45) is 5.92 Å². The Hall–Kier alpha value is -1.40. The van der Waals surface area contributed by atoms with Crippen LogP contribution < -0.4 is 0 Å². The molecular formula is C9H15O8P. The normalized spacial score (nSPS) is 17.4. The monoisotopic (exact) mass is 282 g/mol. The first-order valence-corrected chi connectivity index (χ1v) is 6.38. The Labute approximate surface area is 103 Å². The van der Waals surface area contributed by atoms with Gasteiger partial charge in [-0.1, -0.05) is 0 Å². The molecule has 8 nitrogen and oxygen atoms in total. The van der Waals surface area contributed by atoms with Gasteiger partial charge >= 0.3 is 17.9 Å². The Morgan fingerprint density at radius 1 is 1.17 bits per heavy atom. The molecular weight excluding hydrogens is 267 g/mol. The lowest BCUT2D eigenvalue weighted by Crippen LogP contribution is -2.41. The minimum absolute atomic E-state index is 0.290. The molecule has 3 unspecified atom stereocenters. The van der Waals surface area contributed by atoms with E-state index in [1.165, 1.54) is 0 Å². The van der Waals surface area contributed by atoms with E-state index in [0.717, 1.165) is 6.92 Å². The molecule has 0 bridgehead atoms. The van der Waals surface area contributed by atoms with Gasteiger partial charge in [0.25, 0.3) is 0 Å². The highest BCUT2D eigenvalue weighted by atomic mass is 31.1. The van der Waals surface area contributed by atoms with Crippen LogP contribution in [0.4, 0.5) is 0 Å². The van der Waals surface area contributed by atoms with Gasteiger partial charge in [0.15, 0.2) is 0 Å². The van der Waals surface area contributed by atoms with E-state index in [9.17, 15) is 18.9 Å². The van der Waals surface area contributed by atoms with E-state index < -0.39 is 49.9 Å². The maximum atomic E-state index is 11.2. The van der Waals surface area contributed by atoms with Crippen LogP contribution >= 0.6 is 8.03 Å². The van der Waals surface area contributed by atoms with Crippen molar-refractivity contribution in [3.05, 3.63) is 0 Å². The zero-order valence-electron chi connectivity index (χ0n) is 9.62. The van der Waals surface area contributed by atoms with Gasteiger partial charge in [-0.25, -0.2) is 0 Å². The molecule has 0 fully saturated rings. The van der Waals surface area contributed by atoms with Crippen molar-refractivity contribution >= 4 is 25.9 Å². The molecule has 18 heavy (non-hydrogen) atoms. The molecule has 0 aliphatic carbocycles. The molecule has 0 aromatic heterocycles. The third kappa shape index (κ3) is 4.12. The maximum Gasteiger partial charge on any atom is 0.319 e. The summed E-state index contributed by atoms with van der Waals surface area (Å²) in [4.78, 5) is 41.2. The molecule has 0 radical (unpaired) electrons. The molecule has 0 aliphatic rings. The first kappa shape index (κ1) is 16.6. The Bertz CT molecular complexity index is 363. The molecule has 0 saturated heterocycles. The minimum Gasteiger partial charge on any atom is -0.481 e. The first-order chi connectivity index (χ1) is 8.12. The predicted molar refractivity (Wildman–Crippen MR) is 59.9 cm³/mol. The van der Waals surface area contributed by atoms with Crippen LogP contribution in [-0.2, 0) is 18.9 Å². The molecule has 0 spiro atoms. The van der Waals surface area contributed by atoms with E-state index in [4.69, 9.17) is 20.2 Å². The van der Waals surface area contributed by atoms with Gasteiger partial charge in [0.1, 0.15) is 5.16 Å². The molecule has 4 N–H and O–H groups in total. The Morgan fingerprint density at radius 2 is 1.67 bits per heavy atom. The lowest BCUT2D eigenvalue weighted by molar-refractivity contribution is -0.145. The van der Waals surface area contributed by atoms with Crippen LogP contribution in [-0.4, -0.2) is 43.3 Å². The smallest absolute Gasteiger partial charge is 0.319 e. The molecule has 0 aliphatic heterocycles. The summed E-state index contributed by atoms with van der Waals surface area (Å²) >= 11 is 0. The van der Waals surface area contributed by atoms with Gasteiger partial charge in [-0.05, 0) is 19.3 Å². The van der Waals surface area contributed by atoms with Gasteiger partial charge in [0.05, 0.1) is 0 Å². The molecule has 0 saturated carbocycles. The van der Waals surface area contributed by atoms with Crippen LogP contribution in [0.5, 0.6) is 0 Å². The quantitative estimate of drug-likeness (QED) is 0.463. The number of carboxylic acids is 3. The van der Waals surface area contributed by atoms with Crippen molar-refractivity contribution in [2.75, 3.05) is 0 Å². The number of aliphatic carboxylic acids is 3. The second-order valence-electron chi connectivity index (χ2n) is 4.04. The Morgan fingerprint density at radius 3 is 1.94 bits per heavy atom. The summed E-state index contributed by atoms with van der Waals surface area (Å²) in [6, 6.07) is 0. The van der Waals surface area contributed by atoms with Crippen molar-refractivity contribution in [2.45, 2.75) is 31.3 Å². The van der Waals surface area contributed by atoms with E-state index in [-0.39, 0.29) is 6.42 Å². The van der Waals surface area contributed by atoms with Crippen molar-refractivity contribution in [3.8, 4) is 0 Å². The number of hydrogen-bond acceptors (Lipinski definition) is 4.